The average molecular weight is 399 g/mol. The van der Waals surface area contributed by atoms with E-state index in [-0.39, 0.29) is 24.0 Å². The third kappa shape index (κ3) is 7.67. The van der Waals surface area contributed by atoms with E-state index in [2.05, 4.69) is 81.1 Å². The van der Waals surface area contributed by atoms with Crippen molar-refractivity contribution in [2.75, 3.05) is 26.4 Å². The quantitative estimate of drug-likeness (QED) is 0.469. The van der Waals surface area contributed by atoms with Crippen LogP contribution in [-0.2, 0) is 9.47 Å². The van der Waals surface area contributed by atoms with E-state index in [1.165, 1.54) is 0 Å². The Bertz CT molecular complexity index is 468. The first-order valence-corrected chi connectivity index (χ1v) is 10.7. The van der Waals surface area contributed by atoms with Crippen LogP contribution < -0.4 is 0 Å². The largest absolute Gasteiger partial charge is 0.394 e. The van der Waals surface area contributed by atoms with Gasteiger partial charge in [0.2, 0.25) is 0 Å². The zero-order valence-electron chi connectivity index (χ0n) is 20.1. The number of hydrogen-bond donors (Lipinski definition) is 2. The van der Waals surface area contributed by atoms with Crippen molar-refractivity contribution in [2.24, 2.45) is 22.7 Å². The highest BCUT2D eigenvalue weighted by Crippen LogP contribution is 2.43. The molecule has 0 spiro atoms. The predicted molar refractivity (Wildman–Crippen MR) is 117 cm³/mol. The molecule has 0 heterocycles. The van der Waals surface area contributed by atoms with Gasteiger partial charge >= 0.3 is 0 Å². The first kappa shape index (κ1) is 27.4. The van der Waals surface area contributed by atoms with Crippen LogP contribution in [0.3, 0.4) is 0 Å². The van der Waals surface area contributed by atoms with E-state index < -0.39 is 11.2 Å². The van der Waals surface area contributed by atoms with Crippen LogP contribution in [0, 0.1) is 34.5 Å². The molecule has 0 aromatic heterocycles. The summed E-state index contributed by atoms with van der Waals surface area (Å²) in [5.74, 6) is 8.14. The summed E-state index contributed by atoms with van der Waals surface area (Å²) in [5.41, 5.74) is -1.74. The van der Waals surface area contributed by atoms with Crippen molar-refractivity contribution in [1.82, 2.24) is 0 Å². The third-order valence-corrected chi connectivity index (χ3v) is 6.01. The normalized spacial score (nSPS) is 17.2. The first-order valence-electron chi connectivity index (χ1n) is 10.7. The molecule has 4 nitrogen and oxygen atoms in total. The van der Waals surface area contributed by atoms with Crippen molar-refractivity contribution in [3.63, 3.8) is 0 Å². The van der Waals surface area contributed by atoms with Crippen LogP contribution in [0.1, 0.15) is 82.1 Å². The van der Waals surface area contributed by atoms with E-state index in [0.717, 1.165) is 12.8 Å². The van der Waals surface area contributed by atoms with Crippen molar-refractivity contribution in [2.45, 2.75) is 93.3 Å². The van der Waals surface area contributed by atoms with Crippen molar-refractivity contribution < 1.29 is 19.7 Å². The average Bonchev–Trinajstić information content (AvgIpc) is 2.55. The van der Waals surface area contributed by atoms with Crippen molar-refractivity contribution in [3.8, 4) is 11.8 Å². The van der Waals surface area contributed by atoms with Crippen LogP contribution >= 0.6 is 0 Å². The topological polar surface area (TPSA) is 58.9 Å². The van der Waals surface area contributed by atoms with Crippen LogP contribution in [0.25, 0.3) is 0 Å². The lowest BCUT2D eigenvalue weighted by atomic mass is 9.67. The summed E-state index contributed by atoms with van der Waals surface area (Å²) in [4.78, 5) is 0. The zero-order chi connectivity index (χ0) is 22.2. The molecule has 0 aromatic carbocycles. The SMILES string of the molecule is CC(C)CC(C)(C#CC(C)(CC(C)C)C(C)(C)OCCO)C(C)(C)OCCO. The highest BCUT2D eigenvalue weighted by molar-refractivity contribution is 5.24. The molecule has 166 valence electrons. The van der Waals surface area contributed by atoms with Crippen LogP contribution in [0.2, 0.25) is 0 Å². The molecule has 0 saturated heterocycles. The monoisotopic (exact) mass is 398 g/mol. The van der Waals surface area contributed by atoms with Crippen molar-refractivity contribution in [1.29, 1.82) is 0 Å². The fraction of sp³-hybridized carbons (Fsp3) is 0.917. The number of aliphatic hydroxyl groups excluding tert-OH is 2. The number of aliphatic hydroxyl groups is 2. The number of rotatable bonds is 12. The van der Waals surface area contributed by atoms with Gasteiger partial charge in [-0.15, -0.1) is 0 Å². The van der Waals surface area contributed by atoms with Gasteiger partial charge in [-0.1, -0.05) is 39.5 Å². The summed E-state index contributed by atoms with van der Waals surface area (Å²) in [6.07, 6.45) is 1.79. The summed E-state index contributed by atoms with van der Waals surface area (Å²) in [6, 6.07) is 0. The van der Waals surface area contributed by atoms with Gasteiger partial charge in [-0.3, -0.25) is 0 Å². The Morgan fingerprint density at radius 2 is 0.929 bits per heavy atom. The minimum absolute atomic E-state index is 0.00170. The molecular formula is C24H46O4. The van der Waals surface area contributed by atoms with E-state index in [0.29, 0.717) is 25.0 Å². The summed E-state index contributed by atoms with van der Waals surface area (Å²) in [5, 5.41) is 18.5. The molecule has 2 atom stereocenters. The third-order valence-electron chi connectivity index (χ3n) is 6.01. The molecule has 2 N–H and O–H groups in total. The molecule has 0 saturated carbocycles. The fourth-order valence-corrected chi connectivity index (χ4v) is 3.72. The molecule has 0 aliphatic rings. The molecule has 0 amide bonds. The van der Waals surface area contributed by atoms with Crippen molar-refractivity contribution in [3.05, 3.63) is 0 Å². The molecule has 0 aromatic rings. The summed E-state index contributed by atoms with van der Waals surface area (Å²) < 4.78 is 12.0. The number of ether oxygens (including phenoxy) is 2. The molecule has 28 heavy (non-hydrogen) atoms. The lowest BCUT2D eigenvalue weighted by Crippen LogP contribution is -2.46. The second-order valence-corrected chi connectivity index (χ2v) is 10.3. The zero-order valence-corrected chi connectivity index (χ0v) is 20.1. The molecule has 0 aliphatic heterocycles. The molecule has 4 heteroatoms. The molecule has 0 radical (unpaired) electrons. The Balaban J connectivity index is 6.15. The van der Waals surface area contributed by atoms with Gasteiger partial charge in [0.25, 0.3) is 0 Å². The molecule has 0 aliphatic carbocycles. The highest BCUT2D eigenvalue weighted by Gasteiger charge is 2.44. The molecule has 2 unspecified atom stereocenters. The van der Waals surface area contributed by atoms with Crippen molar-refractivity contribution >= 4 is 0 Å². The fourth-order valence-electron chi connectivity index (χ4n) is 3.72. The van der Waals surface area contributed by atoms with Gasteiger partial charge in [-0.2, -0.15) is 0 Å². The van der Waals surface area contributed by atoms with Crippen LogP contribution in [0.4, 0.5) is 0 Å². The van der Waals surface area contributed by atoms with Crippen LogP contribution in [0.15, 0.2) is 0 Å². The molecule has 0 rings (SSSR count). The summed E-state index contributed by atoms with van der Waals surface area (Å²) >= 11 is 0. The predicted octanol–water partition coefficient (Wildman–Crippen LogP) is 4.67. The van der Waals surface area contributed by atoms with Gasteiger partial charge in [0.05, 0.1) is 48.5 Å². The van der Waals surface area contributed by atoms with E-state index in [1.54, 1.807) is 0 Å². The minimum Gasteiger partial charge on any atom is -0.394 e. The number of hydrogen-bond acceptors (Lipinski definition) is 4. The molecule has 0 bridgehead atoms. The second kappa shape index (κ2) is 11.0. The smallest absolute Gasteiger partial charge is 0.0789 e. The maximum atomic E-state index is 9.23. The van der Waals surface area contributed by atoms with Gasteiger partial charge in [0, 0.05) is 0 Å². The standard InChI is InChI=1S/C24H46O4/c1-19(2)17-23(9,21(5,6)27-15-13-25)11-12-24(10,18-20(3)4)22(7,8)28-16-14-26/h19-20,25-26H,13-18H2,1-10H3. The highest BCUT2D eigenvalue weighted by atomic mass is 16.5. The van der Waals surface area contributed by atoms with Gasteiger partial charge in [-0.05, 0) is 66.2 Å². The molecule has 0 fully saturated rings. The maximum absolute atomic E-state index is 9.23. The van der Waals surface area contributed by atoms with E-state index >= 15 is 0 Å². The van der Waals surface area contributed by atoms with Crippen LogP contribution in [0.5, 0.6) is 0 Å². The van der Waals surface area contributed by atoms with Gasteiger partial charge in [0.15, 0.2) is 0 Å². The summed E-state index contributed by atoms with van der Waals surface area (Å²) in [6.45, 7) is 22.0. The summed E-state index contributed by atoms with van der Waals surface area (Å²) in [7, 11) is 0. The maximum Gasteiger partial charge on any atom is 0.0789 e. The van der Waals surface area contributed by atoms with E-state index in [4.69, 9.17) is 9.47 Å². The van der Waals surface area contributed by atoms with Gasteiger partial charge in [-0.25, -0.2) is 0 Å². The first-order chi connectivity index (χ1) is 12.7. The van der Waals surface area contributed by atoms with Gasteiger partial charge in [0.1, 0.15) is 0 Å². The Hall–Kier alpha value is -0.600. The lowest BCUT2D eigenvalue weighted by Gasteiger charge is -2.44. The Labute approximate surface area is 174 Å². The van der Waals surface area contributed by atoms with Crippen LogP contribution in [-0.4, -0.2) is 47.8 Å². The minimum atomic E-state index is -0.498. The van der Waals surface area contributed by atoms with E-state index in [1.807, 2.05) is 0 Å². The Morgan fingerprint density at radius 3 is 1.14 bits per heavy atom. The Morgan fingerprint density at radius 1 is 0.643 bits per heavy atom. The van der Waals surface area contributed by atoms with Gasteiger partial charge < -0.3 is 19.7 Å². The molecular weight excluding hydrogens is 352 g/mol. The lowest BCUT2D eigenvalue weighted by molar-refractivity contribution is -0.101. The second-order valence-electron chi connectivity index (χ2n) is 10.3. The van der Waals surface area contributed by atoms with E-state index in [9.17, 15) is 10.2 Å². The Kier molecular flexibility index (Phi) is 10.7.